The second-order valence-corrected chi connectivity index (χ2v) is 14.5. The van der Waals surface area contributed by atoms with E-state index in [1.807, 2.05) is 0 Å². The van der Waals surface area contributed by atoms with Gasteiger partial charge < -0.3 is 20.6 Å². The summed E-state index contributed by atoms with van der Waals surface area (Å²) >= 11 is 0. The van der Waals surface area contributed by atoms with Crippen LogP contribution in [-0.2, 0) is 9.59 Å². The van der Waals surface area contributed by atoms with Crippen LogP contribution in [0, 0.1) is 52.3 Å². The Morgan fingerprint density at radius 1 is 0.946 bits per heavy atom. The first kappa shape index (κ1) is 28.9. The molecule has 212 valence electrons. The highest BCUT2D eigenvalue weighted by Gasteiger charge is 2.62. The Hall–Kier alpha value is -1.14. The summed E-state index contributed by atoms with van der Waals surface area (Å²) in [4.78, 5) is 24.0. The average molecular weight is 520 g/mol. The number of carboxylic acid groups (broad SMARTS) is 1. The predicted molar refractivity (Wildman–Crippen MR) is 145 cm³/mol. The summed E-state index contributed by atoms with van der Waals surface area (Å²) in [5.41, 5.74) is 0.452. The lowest BCUT2D eigenvalue weighted by Crippen LogP contribution is -2.58. The van der Waals surface area contributed by atoms with Crippen LogP contribution in [0.4, 0.5) is 0 Å². The molecular weight excluding hydrogens is 466 g/mol. The van der Waals surface area contributed by atoms with Crippen molar-refractivity contribution in [2.75, 3.05) is 0 Å². The SMILES string of the molecule is CC(C)CC(CC(=O)O)NC(=O)CC[C@@H](C)[C@H]1CC[C@H]2[C@@H]3[C@@H](O)C[C@@H]4C[C@H](O)CC[C@]4(C)[C@H]3CC[C@]12C. The van der Waals surface area contributed by atoms with Crippen molar-refractivity contribution in [2.45, 2.75) is 130 Å². The number of fused-ring (bicyclic) bond motifs is 5. The first-order valence-electron chi connectivity index (χ1n) is 15.2. The molecule has 11 atom stereocenters. The van der Waals surface area contributed by atoms with Gasteiger partial charge in [-0.2, -0.15) is 0 Å². The van der Waals surface area contributed by atoms with Crippen LogP contribution in [0.25, 0.3) is 0 Å². The van der Waals surface area contributed by atoms with Crippen LogP contribution in [-0.4, -0.2) is 45.4 Å². The van der Waals surface area contributed by atoms with Gasteiger partial charge in [-0.3, -0.25) is 9.59 Å². The monoisotopic (exact) mass is 519 g/mol. The largest absolute Gasteiger partial charge is 0.481 e. The molecule has 0 aliphatic heterocycles. The summed E-state index contributed by atoms with van der Waals surface area (Å²) in [6.07, 6.45) is 9.89. The van der Waals surface area contributed by atoms with E-state index in [4.69, 9.17) is 0 Å². The van der Waals surface area contributed by atoms with Gasteiger partial charge in [-0.05, 0) is 116 Å². The zero-order valence-corrected chi connectivity index (χ0v) is 23.9. The number of nitrogens with one attached hydrogen (secondary N) is 1. The minimum atomic E-state index is -0.866. The summed E-state index contributed by atoms with van der Waals surface area (Å²) < 4.78 is 0. The minimum Gasteiger partial charge on any atom is -0.481 e. The smallest absolute Gasteiger partial charge is 0.305 e. The Labute approximate surface area is 224 Å². The van der Waals surface area contributed by atoms with Crippen molar-refractivity contribution in [1.82, 2.24) is 5.32 Å². The third-order valence-electron chi connectivity index (χ3n) is 11.8. The van der Waals surface area contributed by atoms with Gasteiger partial charge >= 0.3 is 5.97 Å². The molecule has 4 aliphatic rings. The lowest BCUT2D eigenvalue weighted by molar-refractivity contribution is -0.174. The number of hydrogen-bond donors (Lipinski definition) is 4. The van der Waals surface area contributed by atoms with Crippen molar-refractivity contribution >= 4 is 11.9 Å². The molecule has 4 aliphatic carbocycles. The Morgan fingerprint density at radius 2 is 1.62 bits per heavy atom. The minimum absolute atomic E-state index is 0.0224. The van der Waals surface area contributed by atoms with Crippen LogP contribution >= 0.6 is 0 Å². The highest BCUT2D eigenvalue weighted by Crippen LogP contribution is 2.68. The molecule has 1 unspecified atom stereocenters. The molecular formula is C31H53NO5. The lowest BCUT2D eigenvalue weighted by Gasteiger charge is -2.62. The van der Waals surface area contributed by atoms with Gasteiger partial charge in [0.25, 0.3) is 0 Å². The highest BCUT2D eigenvalue weighted by atomic mass is 16.4. The Balaban J connectivity index is 1.38. The van der Waals surface area contributed by atoms with Crippen LogP contribution in [0.1, 0.15) is 112 Å². The summed E-state index contributed by atoms with van der Waals surface area (Å²) in [5, 5.41) is 34.0. The normalized spacial score (nSPS) is 42.9. The first-order valence-corrected chi connectivity index (χ1v) is 15.2. The number of carboxylic acids is 1. The maximum atomic E-state index is 12.8. The maximum absolute atomic E-state index is 12.8. The van der Waals surface area contributed by atoms with E-state index in [0.29, 0.717) is 54.3 Å². The Bertz CT molecular complexity index is 830. The number of carbonyl (C=O) groups is 2. The number of aliphatic carboxylic acids is 1. The van der Waals surface area contributed by atoms with Crippen molar-refractivity contribution in [1.29, 1.82) is 0 Å². The molecule has 0 aromatic heterocycles. The molecule has 0 spiro atoms. The van der Waals surface area contributed by atoms with Crippen molar-refractivity contribution in [3.05, 3.63) is 0 Å². The van der Waals surface area contributed by atoms with Gasteiger partial charge in [0.05, 0.1) is 18.6 Å². The van der Waals surface area contributed by atoms with Crippen LogP contribution in [0.2, 0.25) is 0 Å². The van der Waals surface area contributed by atoms with Gasteiger partial charge in [0.2, 0.25) is 5.91 Å². The summed E-state index contributed by atoms with van der Waals surface area (Å²) in [7, 11) is 0. The third kappa shape index (κ3) is 5.76. The third-order valence-corrected chi connectivity index (χ3v) is 11.8. The quantitative estimate of drug-likeness (QED) is 0.326. The van der Waals surface area contributed by atoms with E-state index in [2.05, 4.69) is 39.9 Å². The fraction of sp³-hybridized carbons (Fsp3) is 0.935. The fourth-order valence-electron chi connectivity index (χ4n) is 10.0. The summed E-state index contributed by atoms with van der Waals surface area (Å²) in [6, 6.07) is -0.303. The van der Waals surface area contributed by atoms with Crippen molar-refractivity contribution in [2.24, 2.45) is 52.3 Å². The number of hydrogen-bond acceptors (Lipinski definition) is 4. The van der Waals surface area contributed by atoms with Gasteiger partial charge in [-0.25, -0.2) is 0 Å². The molecule has 4 rings (SSSR count). The summed E-state index contributed by atoms with van der Waals surface area (Å²) in [5.74, 6) is 2.32. The van der Waals surface area contributed by atoms with Crippen LogP contribution in [0.3, 0.4) is 0 Å². The zero-order chi connectivity index (χ0) is 27.1. The first-order chi connectivity index (χ1) is 17.3. The number of aliphatic hydroxyl groups excluding tert-OH is 2. The van der Waals surface area contributed by atoms with Gasteiger partial charge in [0.1, 0.15) is 0 Å². The molecule has 0 bridgehead atoms. The molecule has 4 fully saturated rings. The van der Waals surface area contributed by atoms with Gasteiger partial charge in [0.15, 0.2) is 0 Å². The number of rotatable bonds is 9. The van der Waals surface area contributed by atoms with Crippen molar-refractivity contribution in [3.63, 3.8) is 0 Å². The fourth-order valence-corrected chi connectivity index (χ4v) is 10.0. The van der Waals surface area contributed by atoms with Crippen LogP contribution in [0.15, 0.2) is 0 Å². The van der Waals surface area contributed by atoms with Gasteiger partial charge in [0, 0.05) is 12.5 Å². The van der Waals surface area contributed by atoms with Gasteiger partial charge in [-0.1, -0.05) is 34.6 Å². The van der Waals surface area contributed by atoms with Crippen LogP contribution < -0.4 is 5.32 Å². The van der Waals surface area contributed by atoms with Gasteiger partial charge in [-0.15, -0.1) is 0 Å². The topological polar surface area (TPSA) is 107 Å². The number of carbonyl (C=O) groups excluding carboxylic acids is 1. The highest BCUT2D eigenvalue weighted by molar-refractivity contribution is 5.77. The van der Waals surface area contributed by atoms with Crippen LogP contribution in [0.5, 0.6) is 0 Å². The molecule has 0 heterocycles. The van der Waals surface area contributed by atoms with Crippen molar-refractivity contribution in [3.8, 4) is 0 Å². The Kier molecular flexibility index (Phi) is 8.70. The van der Waals surface area contributed by atoms with Crippen molar-refractivity contribution < 1.29 is 24.9 Å². The molecule has 4 N–H and O–H groups in total. The molecule has 1 amide bonds. The maximum Gasteiger partial charge on any atom is 0.305 e. The van der Waals surface area contributed by atoms with E-state index >= 15 is 0 Å². The van der Waals surface area contributed by atoms with E-state index in [-0.39, 0.29) is 41.4 Å². The van der Waals surface area contributed by atoms with E-state index in [9.17, 15) is 24.9 Å². The molecule has 0 radical (unpaired) electrons. The Morgan fingerprint density at radius 3 is 2.30 bits per heavy atom. The van der Waals surface area contributed by atoms with E-state index < -0.39 is 5.97 Å². The van der Waals surface area contributed by atoms with E-state index in [1.165, 1.54) is 25.7 Å². The molecule has 6 nitrogen and oxygen atoms in total. The standard InChI is InChI=1S/C31H53NO5/c1-18(2)14-21(17-28(36)37)32-27(35)9-6-19(3)23-7-8-24-29-25(11-13-31(23,24)5)30(4)12-10-22(33)15-20(30)16-26(29)34/h18-26,29,33-34H,6-17H2,1-5H3,(H,32,35)(H,36,37)/t19-,20+,21?,22-,23-,24+,25+,26+,29+,30+,31-/m1/s1. The zero-order valence-electron chi connectivity index (χ0n) is 23.9. The molecule has 6 heteroatoms. The number of amides is 1. The molecule has 0 aromatic rings. The van der Waals surface area contributed by atoms with E-state index in [1.54, 1.807) is 0 Å². The molecule has 0 saturated heterocycles. The van der Waals surface area contributed by atoms with E-state index in [0.717, 1.165) is 32.1 Å². The number of aliphatic hydroxyl groups is 2. The molecule has 0 aromatic carbocycles. The predicted octanol–water partition coefficient (Wildman–Crippen LogP) is 5.40. The second kappa shape index (κ2) is 11.2. The molecule has 4 saturated carbocycles. The lowest BCUT2D eigenvalue weighted by atomic mass is 9.43. The summed E-state index contributed by atoms with van der Waals surface area (Å²) in [6.45, 7) is 11.3. The second-order valence-electron chi connectivity index (χ2n) is 14.5. The molecule has 37 heavy (non-hydrogen) atoms. The average Bonchev–Trinajstić information content (AvgIpc) is 3.15.